The third-order valence-electron chi connectivity index (χ3n) is 6.00. The second kappa shape index (κ2) is 8.13. The molecular formula is C24H26N2O4. The van der Waals surface area contributed by atoms with E-state index in [-0.39, 0.29) is 5.63 Å². The van der Waals surface area contributed by atoms with Gasteiger partial charge >= 0.3 is 5.63 Å². The molecule has 1 fully saturated rings. The number of benzene rings is 2. The maximum absolute atomic E-state index is 12.0. The highest BCUT2D eigenvalue weighted by atomic mass is 16.7. The Balaban J connectivity index is 1.25. The van der Waals surface area contributed by atoms with Crippen LogP contribution in [-0.4, -0.2) is 42.8 Å². The summed E-state index contributed by atoms with van der Waals surface area (Å²) in [5, 5.41) is 1.05. The van der Waals surface area contributed by atoms with Gasteiger partial charge in [-0.2, -0.15) is 0 Å². The molecule has 0 unspecified atom stereocenters. The predicted molar refractivity (Wildman–Crippen MR) is 115 cm³/mol. The Hall–Kier alpha value is -2.83. The second-order valence-corrected chi connectivity index (χ2v) is 8.01. The van der Waals surface area contributed by atoms with Crippen LogP contribution in [0.3, 0.4) is 0 Å². The molecule has 1 aromatic heterocycles. The number of hydrogen-bond donors (Lipinski definition) is 0. The fraction of sp³-hybridized carbons (Fsp3) is 0.375. The van der Waals surface area contributed by atoms with Crippen molar-refractivity contribution in [3.63, 3.8) is 0 Å². The minimum absolute atomic E-state index is 0.275. The van der Waals surface area contributed by atoms with E-state index in [1.807, 2.05) is 18.2 Å². The highest BCUT2D eigenvalue weighted by Crippen LogP contribution is 2.33. The predicted octanol–water partition coefficient (Wildman–Crippen LogP) is 3.40. The van der Waals surface area contributed by atoms with Crippen LogP contribution in [0.1, 0.15) is 23.6 Å². The zero-order chi connectivity index (χ0) is 20.5. The normalized spacial score (nSPS) is 17.0. The lowest BCUT2D eigenvalue weighted by Gasteiger charge is -2.34. The molecule has 30 heavy (non-hydrogen) atoms. The number of ether oxygens (including phenoxy) is 2. The van der Waals surface area contributed by atoms with Crippen LogP contribution in [0.4, 0.5) is 0 Å². The monoisotopic (exact) mass is 406 g/mol. The van der Waals surface area contributed by atoms with Crippen LogP contribution >= 0.6 is 0 Å². The Morgan fingerprint density at radius 3 is 2.37 bits per heavy atom. The number of piperazine rings is 1. The summed E-state index contributed by atoms with van der Waals surface area (Å²) in [5.41, 5.74) is 3.96. The van der Waals surface area contributed by atoms with Gasteiger partial charge in [0.1, 0.15) is 5.58 Å². The minimum atomic E-state index is -0.275. The molecule has 156 valence electrons. The number of hydrogen-bond acceptors (Lipinski definition) is 6. The van der Waals surface area contributed by atoms with E-state index in [0.29, 0.717) is 12.4 Å². The quantitative estimate of drug-likeness (QED) is 0.606. The minimum Gasteiger partial charge on any atom is -0.454 e. The van der Waals surface area contributed by atoms with Crippen LogP contribution in [0.25, 0.3) is 11.0 Å². The SMILES string of the molecule is CCc1ccc2oc(=O)cc(CN3CCN(Cc4ccc5c(c4)OCO5)CC3)c2c1. The van der Waals surface area contributed by atoms with Crippen molar-refractivity contribution in [3.05, 3.63) is 69.6 Å². The lowest BCUT2D eigenvalue weighted by Crippen LogP contribution is -2.45. The molecule has 5 rings (SSSR count). The van der Waals surface area contributed by atoms with Gasteiger partial charge in [0, 0.05) is 50.7 Å². The lowest BCUT2D eigenvalue weighted by atomic mass is 10.0. The first kappa shape index (κ1) is 19.2. The molecule has 0 atom stereocenters. The molecule has 0 bridgehead atoms. The number of aryl methyl sites for hydroxylation is 1. The first-order valence-corrected chi connectivity index (χ1v) is 10.6. The second-order valence-electron chi connectivity index (χ2n) is 8.01. The Kier molecular flexibility index (Phi) is 5.19. The average Bonchev–Trinajstić information content (AvgIpc) is 3.23. The average molecular weight is 406 g/mol. The van der Waals surface area contributed by atoms with Crippen molar-refractivity contribution in [2.75, 3.05) is 33.0 Å². The molecule has 3 aromatic rings. The smallest absolute Gasteiger partial charge is 0.336 e. The Morgan fingerprint density at radius 1 is 0.833 bits per heavy atom. The van der Waals surface area contributed by atoms with Gasteiger partial charge in [0.05, 0.1) is 0 Å². The van der Waals surface area contributed by atoms with Gasteiger partial charge in [-0.05, 0) is 47.4 Å². The first-order valence-electron chi connectivity index (χ1n) is 10.6. The van der Waals surface area contributed by atoms with E-state index in [1.54, 1.807) is 6.07 Å². The summed E-state index contributed by atoms with van der Waals surface area (Å²) in [6, 6.07) is 13.9. The molecule has 0 aliphatic carbocycles. The molecule has 2 aliphatic rings. The van der Waals surface area contributed by atoms with E-state index in [4.69, 9.17) is 13.9 Å². The molecule has 0 amide bonds. The molecule has 0 radical (unpaired) electrons. The van der Waals surface area contributed by atoms with Crippen molar-refractivity contribution in [1.82, 2.24) is 9.80 Å². The molecule has 1 saturated heterocycles. The van der Waals surface area contributed by atoms with Crippen LogP contribution < -0.4 is 15.1 Å². The molecular weight excluding hydrogens is 380 g/mol. The van der Waals surface area contributed by atoms with Crippen molar-refractivity contribution < 1.29 is 13.9 Å². The Labute approximate surface area is 175 Å². The van der Waals surface area contributed by atoms with E-state index >= 15 is 0 Å². The largest absolute Gasteiger partial charge is 0.454 e. The van der Waals surface area contributed by atoms with Crippen LogP contribution in [0.15, 0.2) is 51.7 Å². The summed E-state index contributed by atoms with van der Waals surface area (Å²) in [6.07, 6.45) is 0.965. The molecule has 6 heteroatoms. The molecule has 0 saturated carbocycles. The maximum atomic E-state index is 12.0. The summed E-state index contributed by atoms with van der Waals surface area (Å²) in [6.45, 7) is 8.06. The maximum Gasteiger partial charge on any atom is 0.336 e. The summed E-state index contributed by atoms with van der Waals surface area (Å²) in [4.78, 5) is 16.9. The van der Waals surface area contributed by atoms with Crippen LogP contribution in [-0.2, 0) is 19.5 Å². The fourth-order valence-corrected chi connectivity index (χ4v) is 4.27. The van der Waals surface area contributed by atoms with E-state index < -0.39 is 0 Å². The summed E-state index contributed by atoms with van der Waals surface area (Å²) in [7, 11) is 0. The summed E-state index contributed by atoms with van der Waals surface area (Å²) < 4.78 is 16.3. The highest BCUT2D eigenvalue weighted by molar-refractivity contribution is 5.80. The van der Waals surface area contributed by atoms with Crippen LogP contribution in [0.5, 0.6) is 11.5 Å². The molecule has 2 aliphatic heterocycles. The van der Waals surface area contributed by atoms with E-state index in [0.717, 1.165) is 68.1 Å². The van der Waals surface area contributed by atoms with E-state index in [9.17, 15) is 4.79 Å². The van der Waals surface area contributed by atoms with E-state index in [2.05, 4.69) is 34.9 Å². The van der Waals surface area contributed by atoms with Gasteiger partial charge < -0.3 is 13.9 Å². The number of rotatable bonds is 5. The van der Waals surface area contributed by atoms with E-state index in [1.165, 1.54) is 11.1 Å². The molecule has 6 nitrogen and oxygen atoms in total. The summed E-state index contributed by atoms with van der Waals surface area (Å²) >= 11 is 0. The van der Waals surface area contributed by atoms with Gasteiger partial charge in [0.15, 0.2) is 11.5 Å². The third kappa shape index (κ3) is 3.93. The van der Waals surface area contributed by atoms with Gasteiger partial charge in [-0.1, -0.05) is 19.1 Å². The molecule has 2 aromatic carbocycles. The lowest BCUT2D eigenvalue weighted by molar-refractivity contribution is 0.122. The van der Waals surface area contributed by atoms with Gasteiger partial charge in [0.2, 0.25) is 6.79 Å². The van der Waals surface area contributed by atoms with Crippen LogP contribution in [0.2, 0.25) is 0 Å². The number of fused-ring (bicyclic) bond motifs is 2. The van der Waals surface area contributed by atoms with Gasteiger partial charge in [-0.25, -0.2) is 4.79 Å². The Bertz CT molecular complexity index is 1120. The highest BCUT2D eigenvalue weighted by Gasteiger charge is 2.20. The van der Waals surface area contributed by atoms with Crippen molar-refractivity contribution in [2.24, 2.45) is 0 Å². The third-order valence-corrected chi connectivity index (χ3v) is 6.00. The standard InChI is InChI=1S/C24H26N2O4/c1-2-17-3-5-21-20(11-17)19(13-24(27)30-21)15-26-9-7-25(8-10-26)14-18-4-6-22-23(12-18)29-16-28-22/h3-6,11-13H,2,7-10,14-16H2,1H3. The van der Waals surface area contributed by atoms with Gasteiger partial charge in [-0.3, -0.25) is 9.80 Å². The van der Waals surface area contributed by atoms with Gasteiger partial charge in [0.25, 0.3) is 0 Å². The molecule has 0 N–H and O–H groups in total. The summed E-state index contributed by atoms with van der Waals surface area (Å²) in [5.74, 6) is 1.67. The first-order chi connectivity index (χ1) is 14.7. The zero-order valence-electron chi connectivity index (χ0n) is 17.2. The molecule has 0 spiro atoms. The van der Waals surface area contributed by atoms with Crippen molar-refractivity contribution in [2.45, 2.75) is 26.4 Å². The number of nitrogens with zero attached hydrogens (tertiary/aromatic N) is 2. The zero-order valence-corrected chi connectivity index (χ0v) is 17.2. The van der Waals surface area contributed by atoms with Crippen molar-refractivity contribution >= 4 is 11.0 Å². The Morgan fingerprint density at radius 2 is 1.57 bits per heavy atom. The fourth-order valence-electron chi connectivity index (χ4n) is 4.27. The van der Waals surface area contributed by atoms with Crippen molar-refractivity contribution in [3.8, 4) is 11.5 Å². The molecule has 3 heterocycles. The topological polar surface area (TPSA) is 55.2 Å². The van der Waals surface area contributed by atoms with Gasteiger partial charge in [-0.15, -0.1) is 0 Å². The van der Waals surface area contributed by atoms with Crippen LogP contribution in [0, 0.1) is 0 Å². The van der Waals surface area contributed by atoms with Crippen molar-refractivity contribution in [1.29, 1.82) is 0 Å².